The summed E-state index contributed by atoms with van der Waals surface area (Å²) in [6, 6.07) is 26.6. The molecule has 0 fully saturated rings. The zero-order valence-electron chi connectivity index (χ0n) is 15.9. The average molecular weight is 352 g/mol. The molecule has 27 heavy (non-hydrogen) atoms. The van der Waals surface area contributed by atoms with Gasteiger partial charge < -0.3 is 9.47 Å². The first-order valence-electron chi connectivity index (χ1n) is 9.69. The van der Waals surface area contributed by atoms with Gasteiger partial charge in [0.2, 0.25) is 0 Å². The first-order chi connectivity index (χ1) is 13.2. The van der Waals surface area contributed by atoms with E-state index in [1.807, 2.05) is 0 Å². The second kappa shape index (κ2) is 6.31. The Morgan fingerprint density at radius 2 is 1.48 bits per heavy atom. The molecule has 4 aromatic rings. The van der Waals surface area contributed by atoms with E-state index in [1.165, 1.54) is 44.5 Å². The minimum absolute atomic E-state index is 0.945. The van der Waals surface area contributed by atoms with Crippen LogP contribution in [0.5, 0.6) is 0 Å². The van der Waals surface area contributed by atoms with Crippen LogP contribution in [0.25, 0.3) is 22.0 Å². The van der Waals surface area contributed by atoms with Gasteiger partial charge in [-0.15, -0.1) is 0 Å². The van der Waals surface area contributed by atoms with E-state index in [2.05, 4.69) is 96.1 Å². The Kier molecular flexibility index (Phi) is 3.78. The molecular formula is C25H24N2. The number of anilines is 1. The molecule has 2 nitrogen and oxygen atoms in total. The van der Waals surface area contributed by atoms with Gasteiger partial charge in [-0.1, -0.05) is 59.7 Å². The Hall–Kier alpha value is -3.00. The predicted octanol–water partition coefficient (Wildman–Crippen LogP) is 5.95. The first-order valence-corrected chi connectivity index (χ1v) is 9.69. The Morgan fingerprint density at radius 1 is 0.741 bits per heavy atom. The van der Waals surface area contributed by atoms with Crippen molar-refractivity contribution in [3.8, 4) is 11.1 Å². The van der Waals surface area contributed by atoms with Crippen molar-refractivity contribution >= 4 is 16.6 Å². The number of benzene rings is 3. The van der Waals surface area contributed by atoms with E-state index in [9.17, 15) is 0 Å². The van der Waals surface area contributed by atoms with Crippen LogP contribution in [-0.2, 0) is 13.1 Å². The monoisotopic (exact) mass is 352 g/mol. The third-order valence-electron chi connectivity index (χ3n) is 5.72. The maximum absolute atomic E-state index is 2.53. The van der Waals surface area contributed by atoms with Crippen molar-refractivity contribution in [2.75, 3.05) is 11.4 Å². The van der Waals surface area contributed by atoms with Crippen molar-refractivity contribution in [1.29, 1.82) is 0 Å². The summed E-state index contributed by atoms with van der Waals surface area (Å²) in [6.07, 6.45) is 0. The molecule has 0 amide bonds. The van der Waals surface area contributed by atoms with Crippen molar-refractivity contribution in [3.63, 3.8) is 0 Å². The van der Waals surface area contributed by atoms with Crippen molar-refractivity contribution in [2.45, 2.75) is 26.9 Å². The number of hydrogen-bond donors (Lipinski definition) is 0. The SMILES string of the molecule is Cc1ccc(N2CCn3c(c(-c4ccccc4)c4cc(C)ccc43)C2)cc1. The Bertz CT molecular complexity index is 1100. The molecule has 1 aliphatic heterocycles. The molecule has 0 saturated heterocycles. The van der Waals surface area contributed by atoms with Gasteiger partial charge in [-0.25, -0.2) is 0 Å². The molecule has 0 aliphatic carbocycles. The second-order valence-corrected chi connectivity index (χ2v) is 7.62. The summed E-state index contributed by atoms with van der Waals surface area (Å²) in [5.41, 5.74) is 9.43. The van der Waals surface area contributed by atoms with E-state index in [-0.39, 0.29) is 0 Å². The topological polar surface area (TPSA) is 8.17 Å². The van der Waals surface area contributed by atoms with Gasteiger partial charge in [-0.05, 0) is 43.7 Å². The standard InChI is InChI=1S/C25H24N2/c1-18-8-11-21(12-9-18)26-14-15-27-23-13-10-19(2)16-22(23)25(24(27)17-26)20-6-4-3-5-7-20/h3-13,16H,14-15,17H2,1-2H3. The molecule has 0 N–H and O–H groups in total. The summed E-state index contributed by atoms with van der Waals surface area (Å²) in [5, 5.41) is 1.38. The highest BCUT2D eigenvalue weighted by Gasteiger charge is 2.24. The maximum Gasteiger partial charge on any atom is 0.0589 e. The van der Waals surface area contributed by atoms with Gasteiger partial charge in [0.05, 0.1) is 6.54 Å². The van der Waals surface area contributed by atoms with Gasteiger partial charge in [-0.2, -0.15) is 0 Å². The smallest absolute Gasteiger partial charge is 0.0589 e. The minimum atomic E-state index is 0.945. The molecule has 2 heteroatoms. The fourth-order valence-electron chi connectivity index (χ4n) is 4.32. The van der Waals surface area contributed by atoms with Crippen LogP contribution in [0.4, 0.5) is 5.69 Å². The Balaban J connectivity index is 1.69. The lowest BCUT2D eigenvalue weighted by molar-refractivity contribution is 0.586. The van der Waals surface area contributed by atoms with Crippen LogP contribution in [-0.4, -0.2) is 11.1 Å². The molecule has 3 aromatic carbocycles. The summed E-state index contributed by atoms with van der Waals surface area (Å²) in [7, 11) is 0. The van der Waals surface area contributed by atoms with Crippen LogP contribution < -0.4 is 4.90 Å². The molecule has 0 unspecified atom stereocenters. The molecular weight excluding hydrogens is 328 g/mol. The lowest BCUT2D eigenvalue weighted by Gasteiger charge is -2.31. The Labute approximate surface area is 160 Å². The first kappa shape index (κ1) is 16.2. The number of hydrogen-bond acceptors (Lipinski definition) is 1. The summed E-state index contributed by atoms with van der Waals surface area (Å²) in [5.74, 6) is 0. The molecule has 1 aromatic heterocycles. The number of aryl methyl sites for hydroxylation is 2. The van der Waals surface area contributed by atoms with Crippen molar-refractivity contribution in [2.24, 2.45) is 0 Å². The fraction of sp³-hybridized carbons (Fsp3) is 0.200. The second-order valence-electron chi connectivity index (χ2n) is 7.62. The van der Waals surface area contributed by atoms with Crippen molar-refractivity contribution < 1.29 is 0 Å². The number of nitrogens with zero attached hydrogens (tertiary/aromatic N) is 2. The van der Waals surface area contributed by atoms with Gasteiger partial charge in [-0.3, -0.25) is 0 Å². The molecule has 0 radical (unpaired) electrons. The summed E-state index contributed by atoms with van der Waals surface area (Å²) in [4.78, 5) is 2.51. The van der Waals surface area contributed by atoms with E-state index < -0.39 is 0 Å². The maximum atomic E-state index is 2.53. The highest BCUT2D eigenvalue weighted by molar-refractivity contribution is 5.99. The molecule has 0 saturated carbocycles. The average Bonchev–Trinajstić information content (AvgIpc) is 3.01. The molecule has 0 atom stereocenters. The zero-order valence-corrected chi connectivity index (χ0v) is 15.9. The third-order valence-corrected chi connectivity index (χ3v) is 5.72. The summed E-state index contributed by atoms with van der Waals surface area (Å²) in [6.45, 7) is 7.34. The zero-order chi connectivity index (χ0) is 18.4. The van der Waals surface area contributed by atoms with Crippen LogP contribution in [0, 0.1) is 13.8 Å². The normalized spacial score (nSPS) is 13.8. The van der Waals surface area contributed by atoms with Gasteiger partial charge >= 0.3 is 0 Å². The van der Waals surface area contributed by atoms with E-state index in [0.29, 0.717) is 0 Å². The van der Waals surface area contributed by atoms with Gasteiger partial charge in [0.25, 0.3) is 0 Å². The molecule has 0 bridgehead atoms. The molecule has 2 heterocycles. The number of aromatic nitrogens is 1. The van der Waals surface area contributed by atoms with E-state index in [0.717, 1.165) is 19.6 Å². The Morgan fingerprint density at radius 3 is 2.26 bits per heavy atom. The lowest BCUT2D eigenvalue weighted by atomic mass is 10.00. The van der Waals surface area contributed by atoms with E-state index in [1.54, 1.807) is 0 Å². The van der Waals surface area contributed by atoms with E-state index >= 15 is 0 Å². The van der Waals surface area contributed by atoms with Gasteiger partial charge in [0, 0.05) is 40.9 Å². The highest BCUT2D eigenvalue weighted by Crippen LogP contribution is 2.38. The van der Waals surface area contributed by atoms with Crippen molar-refractivity contribution in [3.05, 3.63) is 89.6 Å². The quantitative estimate of drug-likeness (QED) is 0.433. The van der Waals surface area contributed by atoms with Crippen LogP contribution in [0.3, 0.4) is 0 Å². The van der Waals surface area contributed by atoms with Crippen LogP contribution in [0.15, 0.2) is 72.8 Å². The largest absolute Gasteiger partial charge is 0.364 e. The minimum Gasteiger partial charge on any atom is -0.364 e. The predicted molar refractivity (Wildman–Crippen MR) is 114 cm³/mol. The van der Waals surface area contributed by atoms with Crippen LogP contribution in [0.1, 0.15) is 16.8 Å². The van der Waals surface area contributed by atoms with Crippen molar-refractivity contribution in [1.82, 2.24) is 4.57 Å². The number of fused-ring (bicyclic) bond motifs is 3. The molecule has 5 rings (SSSR count). The number of rotatable bonds is 2. The van der Waals surface area contributed by atoms with Gasteiger partial charge in [0.1, 0.15) is 0 Å². The summed E-state index contributed by atoms with van der Waals surface area (Å²) >= 11 is 0. The fourth-order valence-corrected chi connectivity index (χ4v) is 4.32. The molecule has 0 spiro atoms. The highest BCUT2D eigenvalue weighted by atomic mass is 15.2. The molecule has 1 aliphatic rings. The van der Waals surface area contributed by atoms with Gasteiger partial charge in [0.15, 0.2) is 0 Å². The van der Waals surface area contributed by atoms with Crippen LogP contribution >= 0.6 is 0 Å². The lowest BCUT2D eigenvalue weighted by Crippen LogP contribution is -2.33. The summed E-state index contributed by atoms with van der Waals surface area (Å²) < 4.78 is 2.53. The van der Waals surface area contributed by atoms with E-state index in [4.69, 9.17) is 0 Å². The molecule has 134 valence electrons. The third kappa shape index (κ3) is 2.73. The van der Waals surface area contributed by atoms with Crippen LogP contribution in [0.2, 0.25) is 0 Å².